The third-order valence-corrected chi connectivity index (χ3v) is 10.8. The first-order valence-corrected chi connectivity index (χ1v) is 17.4. The van der Waals surface area contributed by atoms with Crippen LogP contribution in [0.1, 0.15) is 49.8 Å². The average molecular weight is 721 g/mol. The van der Waals surface area contributed by atoms with Crippen molar-refractivity contribution in [2.45, 2.75) is 69.0 Å². The monoisotopic (exact) mass is 719 g/mol. The normalized spacial score (nSPS) is 31.6. The predicted octanol–water partition coefficient (Wildman–Crippen LogP) is 4.14. The minimum absolute atomic E-state index is 0.0465. The maximum Gasteiger partial charge on any atom is 0.313 e. The molecular formula is C37H42BrN3O7. The van der Waals surface area contributed by atoms with Crippen LogP contribution in [0, 0.1) is 11.8 Å². The van der Waals surface area contributed by atoms with E-state index in [2.05, 4.69) is 15.9 Å². The second-order valence-electron chi connectivity index (χ2n) is 13.0. The van der Waals surface area contributed by atoms with Crippen molar-refractivity contribution in [1.82, 2.24) is 14.7 Å². The van der Waals surface area contributed by atoms with Gasteiger partial charge in [-0.1, -0.05) is 88.7 Å². The van der Waals surface area contributed by atoms with Gasteiger partial charge in [0.25, 0.3) is 0 Å². The number of rotatable bonds is 7. The van der Waals surface area contributed by atoms with Crippen molar-refractivity contribution in [3.05, 3.63) is 94.5 Å². The molecule has 0 unspecified atom stereocenters. The number of aliphatic hydroxyl groups is 1. The molecule has 10 nitrogen and oxygen atoms in total. The second-order valence-corrected chi connectivity index (χ2v) is 13.9. The number of hydrogen-bond donors (Lipinski definition) is 1. The summed E-state index contributed by atoms with van der Waals surface area (Å²) in [4.78, 5) is 61.9. The summed E-state index contributed by atoms with van der Waals surface area (Å²) in [5, 5.41) is 9.54. The molecule has 11 heteroatoms. The Kier molecular flexibility index (Phi) is 10.2. The van der Waals surface area contributed by atoms with Gasteiger partial charge in [-0.2, -0.15) is 0 Å². The van der Waals surface area contributed by atoms with Gasteiger partial charge in [0, 0.05) is 44.2 Å². The van der Waals surface area contributed by atoms with Gasteiger partial charge in [-0.3, -0.25) is 19.2 Å². The first kappa shape index (κ1) is 34.1. The number of unbranched alkanes of at least 4 members (excludes halogenated alkanes) is 1. The minimum Gasteiger partial charge on any atom is -0.455 e. The lowest BCUT2D eigenvalue weighted by Crippen LogP contribution is -2.55. The highest BCUT2D eigenvalue weighted by molar-refractivity contribution is 9.11. The summed E-state index contributed by atoms with van der Waals surface area (Å²) >= 11 is 3.62. The Morgan fingerprint density at radius 1 is 0.938 bits per heavy atom. The Labute approximate surface area is 289 Å². The van der Waals surface area contributed by atoms with Gasteiger partial charge >= 0.3 is 5.97 Å². The number of allylic oxidation sites excluding steroid dienone is 1. The molecule has 6 rings (SSSR count). The maximum absolute atomic E-state index is 14.8. The van der Waals surface area contributed by atoms with Crippen LogP contribution < -0.4 is 0 Å². The SMILES string of the molecule is C[C@H]1[C@H](c2ccccc2)OC(=O)[C@H]2[C@@H]3O[C@@]4(C=C3Br)[C@@H]2C(=O)N(CCCCO)[C@@H]4C(=O)N(Cc2ccccc2)C/C=C\CCC(=O)N1C. The zero-order chi connectivity index (χ0) is 34.0. The Morgan fingerprint density at radius 3 is 2.35 bits per heavy atom. The third-order valence-electron chi connectivity index (χ3n) is 10.1. The van der Waals surface area contributed by atoms with Crippen molar-refractivity contribution in [3.63, 3.8) is 0 Å². The molecule has 2 aromatic rings. The van der Waals surface area contributed by atoms with E-state index in [0.717, 1.165) is 11.1 Å². The fourth-order valence-electron chi connectivity index (χ4n) is 7.53. The average Bonchev–Trinajstić information content (AvgIpc) is 3.69. The number of benzene rings is 2. The van der Waals surface area contributed by atoms with Crippen molar-refractivity contribution >= 4 is 39.6 Å². The fourth-order valence-corrected chi connectivity index (χ4v) is 8.27. The Hall–Kier alpha value is -3.80. The van der Waals surface area contributed by atoms with Crippen molar-refractivity contribution in [3.8, 4) is 0 Å². The molecule has 4 aliphatic heterocycles. The first-order chi connectivity index (χ1) is 23.2. The largest absolute Gasteiger partial charge is 0.455 e. The molecule has 254 valence electrons. The molecule has 4 aliphatic rings. The molecule has 0 radical (unpaired) electrons. The quantitative estimate of drug-likeness (QED) is 0.260. The third kappa shape index (κ3) is 6.23. The van der Waals surface area contributed by atoms with E-state index in [1.165, 1.54) is 0 Å². The molecule has 4 heterocycles. The van der Waals surface area contributed by atoms with Crippen molar-refractivity contribution < 1.29 is 33.8 Å². The number of carbonyl (C=O) groups is 4. The summed E-state index contributed by atoms with van der Waals surface area (Å²) in [6.07, 6.45) is 5.60. The lowest BCUT2D eigenvalue weighted by atomic mass is 9.74. The molecule has 5 bridgehead atoms. The van der Waals surface area contributed by atoms with E-state index in [4.69, 9.17) is 9.47 Å². The van der Waals surface area contributed by atoms with Crippen LogP contribution in [0.4, 0.5) is 0 Å². The van der Waals surface area contributed by atoms with Crippen LogP contribution in [0.2, 0.25) is 0 Å². The van der Waals surface area contributed by atoms with Crippen LogP contribution in [0.3, 0.4) is 0 Å². The van der Waals surface area contributed by atoms with Crippen LogP contribution >= 0.6 is 15.9 Å². The van der Waals surface area contributed by atoms with E-state index in [1.54, 1.807) is 27.8 Å². The summed E-state index contributed by atoms with van der Waals surface area (Å²) < 4.78 is 13.5. The summed E-state index contributed by atoms with van der Waals surface area (Å²) in [6, 6.07) is 17.3. The zero-order valence-corrected chi connectivity index (χ0v) is 28.8. The smallest absolute Gasteiger partial charge is 0.313 e. The second kappa shape index (κ2) is 14.4. The van der Waals surface area contributed by atoms with E-state index in [0.29, 0.717) is 23.7 Å². The molecule has 0 saturated carbocycles. The Morgan fingerprint density at radius 2 is 1.65 bits per heavy atom. The number of carbonyl (C=O) groups excluding carboxylic acids is 4. The molecule has 2 saturated heterocycles. The number of likely N-dealkylation sites (N-methyl/N-ethyl adjacent to an activating group) is 1. The zero-order valence-electron chi connectivity index (χ0n) is 27.2. The molecular weight excluding hydrogens is 678 g/mol. The number of fused-ring (bicyclic) bond motifs is 2. The van der Waals surface area contributed by atoms with Gasteiger partial charge in [0.05, 0.1) is 12.0 Å². The maximum atomic E-state index is 14.8. The molecule has 2 fully saturated rings. The number of halogens is 1. The molecule has 0 aromatic heterocycles. The van der Waals surface area contributed by atoms with Gasteiger partial charge in [0.1, 0.15) is 29.8 Å². The van der Waals surface area contributed by atoms with Gasteiger partial charge in [-0.25, -0.2) is 0 Å². The van der Waals surface area contributed by atoms with Gasteiger partial charge < -0.3 is 29.3 Å². The molecule has 1 N–H and O–H groups in total. The number of likely N-dealkylation sites (tertiary alicyclic amines) is 1. The van der Waals surface area contributed by atoms with Gasteiger partial charge in [-0.05, 0) is 43.4 Å². The number of esters is 1. The van der Waals surface area contributed by atoms with E-state index < -0.39 is 47.7 Å². The standard InChI is InChI=1S/C37H42BrN3O7/c1-24-31(26-16-8-4-9-17-26)47-36(46)29-30-34(44)41(20-12-13-21-42)33(37(30)22-27(38)32(29)48-37)35(45)40(23-25-14-6-3-7-15-25)19-11-5-10-18-28(43)39(24)2/h3-9,11,14-17,22,24,29-33,42H,10,12-13,18-21,23H2,1-2H3/b11-5-/t24-,29+,30-,31+,32+,33+,37-/m0/s1. The predicted molar refractivity (Wildman–Crippen MR) is 181 cm³/mol. The van der Waals surface area contributed by atoms with E-state index >= 15 is 0 Å². The topological polar surface area (TPSA) is 117 Å². The number of aliphatic hydroxyl groups excluding tert-OH is 1. The van der Waals surface area contributed by atoms with Gasteiger partial charge in [-0.15, -0.1) is 0 Å². The van der Waals surface area contributed by atoms with E-state index in [-0.39, 0.29) is 50.4 Å². The van der Waals surface area contributed by atoms with E-state index in [9.17, 15) is 24.3 Å². The number of nitrogens with zero attached hydrogens (tertiary/aromatic N) is 3. The number of hydrogen-bond acceptors (Lipinski definition) is 7. The van der Waals surface area contributed by atoms with Crippen LogP contribution in [0.5, 0.6) is 0 Å². The summed E-state index contributed by atoms with van der Waals surface area (Å²) in [6.45, 7) is 2.56. The number of ether oxygens (including phenoxy) is 2. The molecule has 0 aliphatic carbocycles. The number of amides is 3. The summed E-state index contributed by atoms with van der Waals surface area (Å²) in [7, 11) is 1.71. The molecule has 3 amide bonds. The van der Waals surface area contributed by atoms with Crippen molar-refractivity contribution in [1.29, 1.82) is 0 Å². The van der Waals surface area contributed by atoms with E-state index in [1.807, 2.05) is 79.7 Å². The minimum atomic E-state index is -1.40. The summed E-state index contributed by atoms with van der Waals surface area (Å²) in [5.41, 5.74) is 0.244. The summed E-state index contributed by atoms with van der Waals surface area (Å²) in [5.74, 6) is -3.39. The highest BCUT2D eigenvalue weighted by Gasteiger charge is 2.75. The molecule has 7 atom stereocenters. The lowest BCUT2D eigenvalue weighted by molar-refractivity contribution is -0.164. The highest BCUT2D eigenvalue weighted by Crippen LogP contribution is 2.59. The van der Waals surface area contributed by atoms with Crippen molar-refractivity contribution in [2.24, 2.45) is 11.8 Å². The lowest BCUT2D eigenvalue weighted by Gasteiger charge is -2.36. The van der Waals surface area contributed by atoms with Gasteiger partial charge in [0.2, 0.25) is 17.7 Å². The Balaban J connectivity index is 1.44. The molecule has 2 aromatic carbocycles. The van der Waals surface area contributed by atoms with Gasteiger partial charge in [0.15, 0.2) is 0 Å². The van der Waals surface area contributed by atoms with Crippen LogP contribution in [-0.4, -0.2) is 94.0 Å². The first-order valence-electron chi connectivity index (χ1n) is 16.6. The number of cyclic esters (lactones) is 1. The molecule has 48 heavy (non-hydrogen) atoms. The fraction of sp³-hybridized carbons (Fsp3) is 0.459. The van der Waals surface area contributed by atoms with Crippen LogP contribution in [0.25, 0.3) is 0 Å². The van der Waals surface area contributed by atoms with Crippen LogP contribution in [0.15, 0.2) is 83.4 Å². The highest BCUT2D eigenvalue weighted by atomic mass is 79.9. The molecule has 1 spiro atoms. The van der Waals surface area contributed by atoms with Crippen molar-refractivity contribution in [2.75, 3.05) is 26.7 Å². The Bertz CT molecular complexity index is 1580. The van der Waals surface area contributed by atoms with Crippen LogP contribution in [-0.2, 0) is 35.2 Å².